The Morgan fingerprint density at radius 1 is 1.15 bits per heavy atom. The summed E-state index contributed by atoms with van der Waals surface area (Å²) in [5, 5.41) is 4.18. The molecule has 0 aliphatic heterocycles. The molecule has 1 heterocycles. The predicted octanol–water partition coefficient (Wildman–Crippen LogP) is 5.27. The van der Waals surface area contributed by atoms with Crippen molar-refractivity contribution in [3.05, 3.63) is 65.4 Å². The van der Waals surface area contributed by atoms with Crippen LogP contribution >= 0.6 is 11.9 Å². The van der Waals surface area contributed by atoms with E-state index in [4.69, 9.17) is 0 Å². The third-order valence-electron chi connectivity index (χ3n) is 4.41. The minimum absolute atomic E-state index is 0.0571. The molecule has 0 atom stereocenters. The number of fused-ring (bicyclic) bond motifs is 1. The number of rotatable bonds is 8. The van der Waals surface area contributed by atoms with E-state index in [9.17, 15) is 4.79 Å². The van der Waals surface area contributed by atoms with Crippen LogP contribution in [0.3, 0.4) is 0 Å². The van der Waals surface area contributed by atoms with E-state index in [2.05, 4.69) is 47.1 Å². The van der Waals surface area contributed by atoms with E-state index in [1.807, 2.05) is 30.3 Å². The van der Waals surface area contributed by atoms with Crippen molar-refractivity contribution in [2.75, 3.05) is 10.5 Å². The first-order valence-electron chi connectivity index (χ1n) is 9.01. The topological polar surface area (TPSA) is 56.9 Å². The molecule has 3 aromatic rings. The molecule has 0 fully saturated rings. The fraction of sp³-hybridized carbons (Fsp3) is 0.286. The van der Waals surface area contributed by atoms with Gasteiger partial charge in [0, 0.05) is 33.6 Å². The van der Waals surface area contributed by atoms with Gasteiger partial charge >= 0.3 is 0 Å². The van der Waals surface area contributed by atoms with Gasteiger partial charge < -0.3 is 15.0 Å². The summed E-state index contributed by atoms with van der Waals surface area (Å²) in [6.45, 7) is 4.78. The molecule has 0 radical (unpaired) electrons. The van der Waals surface area contributed by atoms with Crippen molar-refractivity contribution >= 4 is 34.4 Å². The molecule has 2 aromatic carbocycles. The predicted molar refractivity (Wildman–Crippen MR) is 112 cm³/mol. The second kappa shape index (κ2) is 8.81. The van der Waals surface area contributed by atoms with Crippen LogP contribution in [0.5, 0.6) is 0 Å². The number of carbonyl (C=O) groups excluding carboxylic acids is 1. The summed E-state index contributed by atoms with van der Waals surface area (Å²) in [6, 6.07) is 15.6. The standard InChI is InChI=1S/C21H25N3OS/c1-3-4-12-26-24-17-10-11-19-18(13-17)15(2)20(23-19)14-22-21(25)16-8-6-5-7-9-16/h5-11,13,23-24H,3-4,12,14H2,1-2H3,(H,22,25). The van der Waals surface area contributed by atoms with Crippen molar-refractivity contribution in [1.82, 2.24) is 10.3 Å². The largest absolute Gasteiger partial charge is 0.357 e. The van der Waals surface area contributed by atoms with E-state index >= 15 is 0 Å². The molecule has 5 heteroatoms. The van der Waals surface area contributed by atoms with Crippen molar-refractivity contribution in [2.24, 2.45) is 0 Å². The first-order valence-corrected chi connectivity index (χ1v) is 10.00. The molecule has 0 aliphatic rings. The van der Waals surface area contributed by atoms with Gasteiger partial charge in [-0.25, -0.2) is 0 Å². The zero-order valence-corrected chi connectivity index (χ0v) is 16.1. The van der Waals surface area contributed by atoms with Crippen molar-refractivity contribution in [1.29, 1.82) is 0 Å². The Kier molecular flexibility index (Phi) is 6.23. The minimum Gasteiger partial charge on any atom is -0.357 e. The van der Waals surface area contributed by atoms with Crippen LogP contribution in [0.2, 0.25) is 0 Å². The first kappa shape index (κ1) is 18.4. The second-order valence-electron chi connectivity index (χ2n) is 6.34. The Morgan fingerprint density at radius 2 is 1.96 bits per heavy atom. The number of hydrogen-bond donors (Lipinski definition) is 3. The molecule has 136 valence electrons. The molecule has 3 rings (SSSR count). The van der Waals surface area contributed by atoms with Crippen LogP contribution in [0.4, 0.5) is 5.69 Å². The van der Waals surface area contributed by atoms with Crippen LogP contribution < -0.4 is 10.0 Å². The van der Waals surface area contributed by atoms with Crippen molar-refractivity contribution in [3.63, 3.8) is 0 Å². The van der Waals surface area contributed by atoms with Crippen LogP contribution in [-0.4, -0.2) is 16.6 Å². The lowest BCUT2D eigenvalue weighted by Crippen LogP contribution is -2.23. The highest BCUT2D eigenvalue weighted by Gasteiger charge is 2.10. The number of H-pyrrole nitrogens is 1. The summed E-state index contributed by atoms with van der Waals surface area (Å²) in [5.41, 5.74) is 5.10. The van der Waals surface area contributed by atoms with Gasteiger partial charge in [-0.15, -0.1) is 0 Å². The average molecular weight is 368 g/mol. The molecule has 4 nitrogen and oxygen atoms in total. The number of anilines is 1. The Balaban J connectivity index is 1.67. The Hall–Kier alpha value is -2.40. The van der Waals surface area contributed by atoms with E-state index in [-0.39, 0.29) is 5.91 Å². The number of hydrogen-bond acceptors (Lipinski definition) is 3. The normalized spacial score (nSPS) is 10.8. The van der Waals surface area contributed by atoms with Crippen LogP contribution in [0.15, 0.2) is 48.5 Å². The molecular weight excluding hydrogens is 342 g/mol. The van der Waals surface area contributed by atoms with E-state index in [0.29, 0.717) is 12.1 Å². The van der Waals surface area contributed by atoms with Gasteiger partial charge in [0.1, 0.15) is 0 Å². The summed E-state index contributed by atoms with van der Waals surface area (Å²) in [5.74, 6) is 1.05. The van der Waals surface area contributed by atoms with Gasteiger partial charge in [-0.05, 0) is 49.2 Å². The van der Waals surface area contributed by atoms with Gasteiger partial charge in [0.25, 0.3) is 5.91 Å². The summed E-state index contributed by atoms with van der Waals surface area (Å²) < 4.78 is 3.41. The van der Waals surface area contributed by atoms with Gasteiger partial charge in [-0.3, -0.25) is 4.79 Å². The summed E-state index contributed by atoms with van der Waals surface area (Å²) >= 11 is 1.75. The number of carbonyl (C=O) groups is 1. The van der Waals surface area contributed by atoms with Crippen LogP contribution in [0.1, 0.15) is 41.4 Å². The fourth-order valence-electron chi connectivity index (χ4n) is 2.83. The van der Waals surface area contributed by atoms with E-state index in [1.54, 1.807) is 11.9 Å². The first-order chi connectivity index (χ1) is 12.7. The summed E-state index contributed by atoms with van der Waals surface area (Å²) in [6.07, 6.45) is 2.43. The number of aromatic nitrogens is 1. The maximum atomic E-state index is 12.2. The third-order valence-corrected chi connectivity index (χ3v) is 5.29. The third kappa shape index (κ3) is 4.41. The highest BCUT2D eigenvalue weighted by atomic mass is 32.2. The molecule has 0 saturated carbocycles. The van der Waals surface area contributed by atoms with E-state index in [1.165, 1.54) is 23.8 Å². The molecule has 26 heavy (non-hydrogen) atoms. The molecule has 0 saturated heterocycles. The zero-order chi connectivity index (χ0) is 18.4. The van der Waals surface area contributed by atoms with Gasteiger partial charge in [0.05, 0.1) is 6.54 Å². The second-order valence-corrected chi connectivity index (χ2v) is 7.24. The summed E-state index contributed by atoms with van der Waals surface area (Å²) in [7, 11) is 0. The number of amides is 1. The molecule has 0 spiro atoms. The van der Waals surface area contributed by atoms with Gasteiger partial charge in [0.15, 0.2) is 0 Å². The Bertz CT molecular complexity index is 874. The lowest BCUT2D eigenvalue weighted by molar-refractivity contribution is 0.0950. The Labute approximate surface area is 158 Å². The quantitative estimate of drug-likeness (QED) is 0.376. The van der Waals surface area contributed by atoms with Crippen molar-refractivity contribution in [3.8, 4) is 0 Å². The maximum absolute atomic E-state index is 12.2. The SMILES string of the molecule is CCCCSNc1ccc2[nH]c(CNC(=O)c3ccccc3)c(C)c2c1. The molecule has 1 aromatic heterocycles. The number of aryl methyl sites for hydroxylation is 1. The maximum Gasteiger partial charge on any atom is 0.251 e. The molecule has 0 bridgehead atoms. The number of unbranched alkanes of at least 4 members (excludes halogenated alkanes) is 1. The smallest absolute Gasteiger partial charge is 0.251 e. The Morgan fingerprint density at radius 3 is 2.73 bits per heavy atom. The van der Waals surface area contributed by atoms with Crippen molar-refractivity contribution < 1.29 is 4.79 Å². The summed E-state index contributed by atoms with van der Waals surface area (Å²) in [4.78, 5) is 15.7. The lowest BCUT2D eigenvalue weighted by atomic mass is 10.1. The van der Waals surface area contributed by atoms with Crippen LogP contribution in [0.25, 0.3) is 10.9 Å². The van der Waals surface area contributed by atoms with Gasteiger partial charge in [0.2, 0.25) is 0 Å². The van der Waals surface area contributed by atoms with Crippen molar-refractivity contribution in [2.45, 2.75) is 33.2 Å². The molecular formula is C21H25N3OS. The average Bonchev–Trinajstić information content (AvgIpc) is 2.99. The van der Waals surface area contributed by atoms with Crippen LogP contribution in [-0.2, 0) is 6.54 Å². The van der Waals surface area contributed by atoms with E-state index in [0.717, 1.165) is 22.7 Å². The molecule has 3 N–H and O–H groups in total. The monoisotopic (exact) mass is 367 g/mol. The minimum atomic E-state index is -0.0571. The van der Waals surface area contributed by atoms with Gasteiger partial charge in [-0.2, -0.15) is 0 Å². The number of aromatic amines is 1. The number of benzene rings is 2. The molecule has 0 unspecified atom stereocenters. The van der Waals surface area contributed by atoms with Gasteiger partial charge in [-0.1, -0.05) is 43.5 Å². The molecule has 0 aliphatic carbocycles. The fourth-order valence-corrected chi connectivity index (χ4v) is 3.66. The highest BCUT2D eigenvalue weighted by molar-refractivity contribution is 8.00. The highest BCUT2D eigenvalue weighted by Crippen LogP contribution is 2.26. The van der Waals surface area contributed by atoms with Crippen LogP contribution in [0, 0.1) is 6.92 Å². The zero-order valence-electron chi connectivity index (χ0n) is 15.3. The lowest BCUT2D eigenvalue weighted by Gasteiger charge is -2.05. The molecule has 1 amide bonds. The van der Waals surface area contributed by atoms with E-state index < -0.39 is 0 Å². The number of nitrogens with one attached hydrogen (secondary N) is 3.